The molecule has 5 nitrogen and oxygen atoms in total. The van der Waals surface area contributed by atoms with Crippen molar-refractivity contribution in [3.63, 3.8) is 0 Å². The molecule has 0 aliphatic rings. The number of guanidine groups is 1. The van der Waals surface area contributed by atoms with E-state index in [0.717, 1.165) is 11.1 Å². The molecule has 0 amide bonds. The molecule has 0 saturated heterocycles. The van der Waals surface area contributed by atoms with Crippen molar-refractivity contribution in [1.29, 1.82) is 0 Å². The van der Waals surface area contributed by atoms with E-state index >= 15 is 0 Å². The summed E-state index contributed by atoms with van der Waals surface area (Å²) < 4.78 is 18.7. The van der Waals surface area contributed by atoms with Gasteiger partial charge in [0.1, 0.15) is 5.82 Å². The molecule has 1 aromatic heterocycles. The van der Waals surface area contributed by atoms with E-state index in [1.165, 1.54) is 6.07 Å². The van der Waals surface area contributed by atoms with Crippen LogP contribution in [0.15, 0.2) is 41.5 Å². The minimum atomic E-state index is -0.191. The van der Waals surface area contributed by atoms with Gasteiger partial charge in [-0.1, -0.05) is 12.1 Å². The Bertz CT molecular complexity index is 703. The molecule has 1 aromatic carbocycles. The van der Waals surface area contributed by atoms with Crippen molar-refractivity contribution in [3.8, 4) is 5.88 Å². The van der Waals surface area contributed by atoms with Crippen LogP contribution in [0.25, 0.3) is 0 Å². The summed E-state index contributed by atoms with van der Waals surface area (Å²) in [5.74, 6) is 1.09. The number of nitrogens with one attached hydrogen (secondary N) is 2. The van der Waals surface area contributed by atoms with Gasteiger partial charge in [-0.25, -0.2) is 9.37 Å². The lowest BCUT2D eigenvalue weighted by atomic mass is 10.1. The van der Waals surface area contributed by atoms with Crippen LogP contribution < -0.4 is 15.4 Å². The van der Waals surface area contributed by atoms with Gasteiger partial charge < -0.3 is 15.4 Å². The Hall–Kier alpha value is -2.63. The summed E-state index contributed by atoms with van der Waals surface area (Å²) in [5, 5.41) is 6.44. The van der Waals surface area contributed by atoms with Crippen molar-refractivity contribution in [2.75, 3.05) is 13.7 Å². The number of aromatic nitrogens is 1. The Morgan fingerprint density at radius 1 is 1.17 bits per heavy atom. The fourth-order valence-electron chi connectivity index (χ4n) is 2.20. The lowest BCUT2D eigenvalue weighted by Gasteiger charge is -2.13. The van der Waals surface area contributed by atoms with E-state index in [1.807, 2.05) is 25.1 Å². The molecular formula is C18H23FN4O. The van der Waals surface area contributed by atoms with Crippen LogP contribution in [-0.2, 0) is 13.1 Å². The Kier molecular flexibility index (Phi) is 6.54. The number of pyridine rings is 1. The highest BCUT2D eigenvalue weighted by Gasteiger charge is 2.03. The monoisotopic (exact) mass is 330 g/mol. The van der Waals surface area contributed by atoms with E-state index in [2.05, 4.69) is 20.6 Å². The number of ether oxygens (including phenoxy) is 1. The maximum Gasteiger partial charge on any atom is 0.213 e. The number of halogens is 1. The molecule has 1 heterocycles. The van der Waals surface area contributed by atoms with E-state index in [-0.39, 0.29) is 5.82 Å². The molecule has 0 atom stereocenters. The van der Waals surface area contributed by atoms with E-state index in [0.29, 0.717) is 37.1 Å². The third kappa shape index (κ3) is 5.22. The highest BCUT2D eigenvalue weighted by Crippen LogP contribution is 2.10. The van der Waals surface area contributed by atoms with Gasteiger partial charge in [0.05, 0.1) is 6.61 Å². The molecule has 0 aliphatic heterocycles. The molecule has 0 bridgehead atoms. The Morgan fingerprint density at radius 3 is 2.50 bits per heavy atom. The predicted molar refractivity (Wildman–Crippen MR) is 93.6 cm³/mol. The highest BCUT2D eigenvalue weighted by molar-refractivity contribution is 5.79. The first-order valence-corrected chi connectivity index (χ1v) is 7.89. The number of benzene rings is 1. The van der Waals surface area contributed by atoms with Crippen molar-refractivity contribution in [3.05, 3.63) is 59.0 Å². The van der Waals surface area contributed by atoms with Gasteiger partial charge in [0.25, 0.3) is 0 Å². The maximum atomic E-state index is 13.3. The Labute approximate surface area is 142 Å². The van der Waals surface area contributed by atoms with E-state index in [4.69, 9.17) is 4.74 Å². The average molecular weight is 330 g/mol. The average Bonchev–Trinajstić information content (AvgIpc) is 2.59. The molecule has 0 saturated carbocycles. The number of hydrogen-bond donors (Lipinski definition) is 2. The summed E-state index contributed by atoms with van der Waals surface area (Å²) in [6, 6.07) is 8.89. The highest BCUT2D eigenvalue weighted by atomic mass is 19.1. The zero-order valence-electron chi connectivity index (χ0n) is 14.3. The lowest BCUT2D eigenvalue weighted by Crippen LogP contribution is -2.36. The number of aryl methyl sites for hydroxylation is 1. The molecule has 0 fully saturated rings. The number of nitrogens with zero attached hydrogens (tertiary/aromatic N) is 2. The normalized spacial score (nSPS) is 11.2. The van der Waals surface area contributed by atoms with Gasteiger partial charge in [0, 0.05) is 32.4 Å². The second-order valence-electron chi connectivity index (χ2n) is 5.30. The summed E-state index contributed by atoms with van der Waals surface area (Å²) in [5.41, 5.74) is 2.69. The van der Waals surface area contributed by atoms with Crippen LogP contribution in [0.3, 0.4) is 0 Å². The van der Waals surface area contributed by atoms with E-state index < -0.39 is 0 Å². The molecule has 2 aromatic rings. The second kappa shape index (κ2) is 8.86. The molecule has 0 aliphatic carbocycles. The molecule has 0 radical (unpaired) electrons. The molecule has 2 N–H and O–H groups in total. The number of hydrogen-bond acceptors (Lipinski definition) is 3. The van der Waals surface area contributed by atoms with Crippen LogP contribution in [-0.4, -0.2) is 24.6 Å². The molecular weight excluding hydrogens is 307 g/mol. The van der Waals surface area contributed by atoms with Gasteiger partial charge in [-0.3, -0.25) is 4.99 Å². The molecule has 6 heteroatoms. The van der Waals surface area contributed by atoms with Gasteiger partial charge in [-0.2, -0.15) is 0 Å². The topological polar surface area (TPSA) is 58.5 Å². The minimum absolute atomic E-state index is 0.191. The van der Waals surface area contributed by atoms with Crippen molar-refractivity contribution < 1.29 is 9.13 Å². The minimum Gasteiger partial charge on any atom is -0.478 e. The van der Waals surface area contributed by atoms with Gasteiger partial charge in [-0.05, 0) is 42.7 Å². The van der Waals surface area contributed by atoms with Crippen LogP contribution in [0, 0.1) is 12.7 Å². The third-order valence-corrected chi connectivity index (χ3v) is 3.46. The zero-order valence-corrected chi connectivity index (χ0v) is 14.3. The van der Waals surface area contributed by atoms with Crippen molar-refractivity contribution in [2.24, 2.45) is 4.99 Å². The fourth-order valence-corrected chi connectivity index (χ4v) is 2.20. The van der Waals surface area contributed by atoms with Gasteiger partial charge >= 0.3 is 0 Å². The van der Waals surface area contributed by atoms with Crippen molar-refractivity contribution in [2.45, 2.75) is 26.9 Å². The van der Waals surface area contributed by atoms with Gasteiger partial charge in [0.2, 0.25) is 5.88 Å². The molecule has 0 unspecified atom stereocenters. The number of aliphatic imine (C=N–C) groups is 1. The summed E-state index contributed by atoms with van der Waals surface area (Å²) in [6.45, 7) is 5.44. The smallest absolute Gasteiger partial charge is 0.213 e. The Balaban J connectivity index is 1.88. The van der Waals surface area contributed by atoms with Crippen LogP contribution >= 0.6 is 0 Å². The predicted octanol–water partition coefficient (Wildman–Crippen LogP) is 2.79. The first-order chi connectivity index (χ1) is 11.6. The van der Waals surface area contributed by atoms with Crippen molar-refractivity contribution in [1.82, 2.24) is 15.6 Å². The molecule has 24 heavy (non-hydrogen) atoms. The molecule has 0 spiro atoms. The first kappa shape index (κ1) is 17.7. The Morgan fingerprint density at radius 2 is 1.88 bits per heavy atom. The summed E-state index contributed by atoms with van der Waals surface area (Å²) in [7, 11) is 1.71. The van der Waals surface area contributed by atoms with Gasteiger partial charge in [-0.15, -0.1) is 0 Å². The van der Waals surface area contributed by atoms with Crippen LogP contribution in [0.2, 0.25) is 0 Å². The van der Waals surface area contributed by atoms with Gasteiger partial charge in [0.15, 0.2) is 5.96 Å². The largest absolute Gasteiger partial charge is 0.478 e. The van der Waals surface area contributed by atoms with Crippen LogP contribution in [0.4, 0.5) is 4.39 Å². The summed E-state index contributed by atoms with van der Waals surface area (Å²) >= 11 is 0. The van der Waals surface area contributed by atoms with E-state index in [9.17, 15) is 4.39 Å². The second-order valence-corrected chi connectivity index (χ2v) is 5.30. The molecule has 2 rings (SSSR count). The SMILES string of the molecule is CCOc1cc(CNC(=NC)NCc2ccc(F)c(C)c2)ccn1. The fraction of sp³-hybridized carbons (Fsp3) is 0.333. The quantitative estimate of drug-likeness (QED) is 0.632. The van der Waals surface area contributed by atoms with Crippen LogP contribution in [0.5, 0.6) is 5.88 Å². The van der Waals surface area contributed by atoms with Crippen LogP contribution in [0.1, 0.15) is 23.6 Å². The lowest BCUT2D eigenvalue weighted by molar-refractivity contribution is 0.326. The van der Waals surface area contributed by atoms with Crippen molar-refractivity contribution >= 4 is 5.96 Å². The first-order valence-electron chi connectivity index (χ1n) is 7.89. The maximum absolute atomic E-state index is 13.3. The summed E-state index contributed by atoms with van der Waals surface area (Å²) in [4.78, 5) is 8.33. The summed E-state index contributed by atoms with van der Waals surface area (Å²) in [6.07, 6.45) is 1.72. The van der Waals surface area contributed by atoms with E-state index in [1.54, 1.807) is 26.2 Å². The third-order valence-electron chi connectivity index (χ3n) is 3.46. The molecule has 128 valence electrons. The number of rotatable bonds is 6. The standard InChI is InChI=1S/C18H23FN4O/c1-4-24-17-10-15(7-8-21-17)12-23-18(20-3)22-11-14-5-6-16(19)13(2)9-14/h5-10H,4,11-12H2,1-3H3,(H2,20,22,23). The zero-order chi connectivity index (χ0) is 17.4.